The van der Waals surface area contributed by atoms with Gasteiger partial charge in [0.05, 0.1) is 6.61 Å². The Balaban J connectivity index is 2.34. The molecule has 0 saturated heterocycles. The normalized spacial score (nSPS) is 16.0. The molecule has 3 nitrogen and oxygen atoms in total. The minimum absolute atomic E-state index is 0.0664. The molecule has 136 valence electrons. The molecule has 0 atom stereocenters. The number of carbonyl (C=O) groups is 1. The van der Waals surface area contributed by atoms with Crippen molar-refractivity contribution in [2.24, 2.45) is 5.92 Å². The number of alkyl halides is 3. The van der Waals surface area contributed by atoms with Crippen LogP contribution >= 0.6 is 11.8 Å². The fourth-order valence-electron chi connectivity index (χ4n) is 2.50. The van der Waals surface area contributed by atoms with Gasteiger partial charge in [-0.05, 0) is 24.5 Å². The number of halogens is 3. The van der Waals surface area contributed by atoms with Crippen molar-refractivity contribution in [3.8, 4) is 0 Å². The molecule has 0 bridgehead atoms. The number of nitrogens with one attached hydrogen (secondary N) is 1. The second-order valence-electron chi connectivity index (χ2n) is 5.95. The molecule has 0 aromatic heterocycles. The van der Waals surface area contributed by atoms with E-state index in [0.29, 0.717) is 17.4 Å². The van der Waals surface area contributed by atoms with Crippen molar-refractivity contribution in [3.63, 3.8) is 0 Å². The third kappa shape index (κ3) is 5.04. The van der Waals surface area contributed by atoms with Crippen molar-refractivity contribution in [2.75, 3.05) is 17.7 Å². The summed E-state index contributed by atoms with van der Waals surface area (Å²) in [4.78, 5) is 12.0. The van der Waals surface area contributed by atoms with E-state index in [9.17, 15) is 18.0 Å². The first-order chi connectivity index (χ1) is 11.7. The monoisotopic (exact) mass is 371 g/mol. The van der Waals surface area contributed by atoms with Gasteiger partial charge in [0.1, 0.15) is 4.91 Å². The highest BCUT2D eigenvalue weighted by molar-refractivity contribution is 8.04. The standard InChI is InChI=1S/C18H20F3NO2S/c1-11(2)10-12(3)13-6-4-5-7-14(13)22-17(23)15-16(18(19,20)21)24-8-9-25-15/h4-7,10-11H,8-9H2,1-3H3,(H,22,23). The van der Waals surface area contributed by atoms with Gasteiger partial charge < -0.3 is 10.1 Å². The molecular formula is C18H20F3NO2S. The number of rotatable bonds is 4. The molecule has 1 N–H and O–H groups in total. The van der Waals surface area contributed by atoms with Gasteiger partial charge >= 0.3 is 6.18 Å². The van der Waals surface area contributed by atoms with Crippen LogP contribution in [-0.4, -0.2) is 24.4 Å². The van der Waals surface area contributed by atoms with Crippen LogP contribution < -0.4 is 5.32 Å². The number of hydrogen-bond acceptors (Lipinski definition) is 3. The van der Waals surface area contributed by atoms with E-state index in [0.717, 1.165) is 22.9 Å². The molecule has 1 aliphatic rings. The largest absolute Gasteiger partial charge is 0.487 e. The summed E-state index contributed by atoms with van der Waals surface area (Å²) in [6, 6.07) is 7.05. The summed E-state index contributed by atoms with van der Waals surface area (Å²) in [5.41, 5.74) is 2.20. The van der Waals surface area contributed by atoms with Gasteiger partial charge in [0.25, 0.3) is 5.91 Å². The van der Waals surface area contributed by atoms with Crippen molar-refractivity contribution in [1.82, 2.24) is 0 Å². The van der Waals surface area contributed by atoms with Crippen molar-refractivity contribution < 1.29 is 22.7 Å². The lowest BCUT2D eigenvalue weighted by molar-refractivity contribution is -0.133. The molecule has 1 aromatic carbocycles. The zero-order valence-corrected chi connectivity index (χ0v) is 15.1. The number of para-hydroxylation sites is 1. The first-order valence-corrected chi connectivity index (χ1v) is 8.85. The Morgan fingerprint density at radius 2 is 2.00 bits per heavy atom. The molecule has 0 fully saturated rings. The molecule has 0 radical (unpaired) electrons. The van der Waals surface area contributed by atoms with Gasteiger partial charge in [0.2, 0.25) is 5.76 Å². The highest BCUT2D eigenvalue weighted by atomic mass is 32.2. The van der Waals surface area contributed by atoms with E-state index >= 15 is 0 Å². The zero-order chi connectivity index (χ0) is 18.6. The number of thioether (sulfide) groups is 1. The highest BCUT2D eigenvalue weighted by Gasteiger charge is 2.42. The summed E-state index contributed by atoms with van der Waals surface area (Å²) in [6.45, 7) is 5.90. The molecule has 25 heavy (non-hydrogen) atoms. The second-order valence-corrected chi connectivity index (χ2v) is 7.05. The van der Waals surface area contributed by atoms with Gasteiger partial charge in [-0.2, -0.15) is 13.2 Å². The number of carbonyl (C=O) groups excluding carboxylic acids is 1. The molecule has 1 aliphatic heterocycles. The van der Waals surface area contributed by atoms with E-state index in [4.69, 9.17) is 4.74 Å². The summed E-state index contributed by atoms with van der Waals surface area (Å²) in [5, 5.41) is 2.60. The van der Waals surface area contributed by atoms with Gasteiger partial charge in [-0.3, -0.25) is 4.79 Å². The zero-order valence-electron chi connectivity index (χ0n) is 14.2. The highest BCUT2D eigenvalue weighted by Crippen LogP contribution is 2.37. The van der Waals surface area contributed by atoms with Crippen LogP contribution in [0.25, 0.3) is 5.57 Å². The molecule has 1 aromatic rings. The number of anilines is 1. The maximum atomic E-state index is 13.1. The maximum Gasteiger partial charge on any atom is 0.450 e. The lowest BCUT2D eigenvalue weighted by Crippen LogP contribution is -2.26. The number of hydrogen-bond donors (Lipinski definition) is 1. The molecule has 0 unspecified atom stereocenters. The number of benzene rings is 1. The average Bonchev–Trinajstić information content (AvgIpc) is 2.54. The van der Waals surface area contributed by atoms with Crippen LogP contribution in [0.3, 0.4) is 0 Å². The van der Waals surface area contributed by atoms with Gasteiger partial charge in [-0.1, -0.05) is 38.1 Å². The van der Waals surface area contributed by atoms with Crippen LogP contribution in [0.15, 0.2) is 41.0 Å². The van der Waals surface area contributed by atoms with Crippen LogP contribution in [-0.2, 0) is 9.53 Å². The van der Waals surface area contributed by atoms with Crippen molar-refractivity contribution >= 4 is 28.9 Å². The fourth-order valence-corrected chi connectivity index (χ4v) is 3.36. The van der Waals surface area contributed by atoms with E-state index in [1.807, 2.05) is 39.0 Å². The van der Waals surface area contributed by atoms with Crippen LogP contribution in [0.5, 0.6) is 0 Å². The maximum absolute atomic E-state index is 13.1. The molecular weight excluding hydrogens is 351 g/mol. The molecule has 0 saturated carbocycles. The Bertz CT molecular complexity index is 709. The summed E-state index contributed by atoms with van der Waals surface area (Å²) < 4.78 is 43.9. The summed E-state index contributed by atoms with van der Waals surface area (Å²) in [7, 11) is 0. The molecule has 7 heteroatoms. The Hall–Kier alpha value is -1.89. The van der Waals surface area contributed by atoms with Gasteiger partial charge in [0, 0.05) is 17.0 Å². The van der Waals surface area contributed by atoms with Crippen LogP contribution in [0.1, 0.15) is 26.3 Å². The van der Waals surface area contributed by atoms with E-state index in [-0.39, 0.29) is 6.61 Å². The topological polar surface area (TPSA) is 38.3 Å². The molecule has 1 amide bonds. The lowest BCUT2D eigenvalue weighted by Gasteiger charge is -2.22. The van der Waals surface area contributed by atoms with E-state index in [2.05, 4.69) is 5.32 Å². The van der Waals surface area contributed by atoms with Crippen LogP contribution in [0.4, 0.5) is 18.9 Å². The van der Waals surface area contributed by atoms with Crippen molar-refractivity contribution in [3.05, 3.63) is 46.6 Å². The first kappa shape index (κ1) is 19.4. The van der Waals surface area contributed by atoms with Crippen molar-refractivity contribution in [1.29, 1.82) is 0 Å². The summed E-state index contributed by atoms with van der Waals surface area (Å²) in [5.74, 6) is -1.41. The Kier molecular flexibility index (Phi) is 6.21. The third-order valence-electron chi connectivity index (χ3n) is 3.43. The minimum Gasteiger partial charge on any atom is -0.487 e. The molecule has 0 spiro atoms. The minimum atomic E-state index is -4.69. The number of allylic oxidation sites excluding steroid dienone is 3. The Morgan fingerprint density at radius 3 is 2.64 bits per heavy atom. The van der Waals surface area contributed by atoms with Crippen molar-refractivity contribution in [2.45, 2.75) is 26.9 Å². The first-order valence-electron chi connectivity index (χ1n) is 7.86. The van der Waals surface area contributed by atoms with Gasteiger partial charge in [0.15, 0.2) is 0 Å². The Morgan fingerprint density at radius 1 is 1.32 bits per heavy atom. The predicted octanol–water partition coefficient (Wildman–Crippen LogP) is 5.22. The third-order valence-corrected chi connectivity index (χ3v) is 4.46. The summed E-state index contributed by atoms with van der Waals surface area (Å²) >= 11 is 0.858. The van der Waals surface area contributed by atoms with Gasteiger partial charge in [-0.25, -0.2) is 0 Å². The van der Waals surface area contributed by atoms with E-state index in [1.54, 1.807) is 12.1 Å². The van der Waals surface area contributed by atoms with E-state index in [1.165, 1.54) is 0 Å². The van der Waals surface area contributed by atoms with E-state index < -0.39 is 22.7 Å². The van der Waals surface area contributed by atoms with Crippen LogP contribution in [0.2, 0.25) is 0 Å². The SMILES string of the molecule is CC(=CC(C)C)c1ccccc1NC(=O)C1=C(C(F)(F)F)OCCS1. The fraction of sp³-hybridized carbons (Fsp3) is 0.389. The summed E-state index contributed by atoms with van der Waals surface area (Å²) in [6.07, 6.45) is -2.66. The smallest absolute Gasteiger partial charge is 0.450 e. The quantitative estimate of drug-likeness (QED) is 0.788. The predicted molar refractivity (Wildman–Crippen MR) is 95.1 cm³/mol. The molecule has 1 heterocycles. The number of amides is 1. The second kappa shape index (κ2) is 7.99. The van der Waals surface area contributed by atoms with Crippen LogP contribution in [0, 0.1) is 5.92 Å². The van der Waals surface area contributed by atoms with Gasteiger partial charge in [-0.15, -0.1) is 11.8 Å². The lowest BCUT2D eigenvalue weighted by atomic mass is 10.0. The Labute approximate surface area is 149 Å². The molecule has 0 aliphatic carbocycles. The number of ether oxygens (including phenoxy) is 1. The average molecular weight is 371 g/mol. The molecule has 2 rings (SSSR count).